The van der Waals surface area contributed by atoms with Gasteiger partial charge in [-0.05, 0) is 37.6 Å². The number of hydrogen-bond acceptors (Lipinski definition) is 4. The zero-order valence-corrected chi connectivity index (χ0v) is 14.5. The summed E-state index contributed by atoms with van der Waals surface area (Å²) in [5.74, 6) is 2.65. The van der Waals surface area contributed by atoms with Gasteiger partial charge in [0.2, 0.25) is 0 Å². The molecule has 0 saturated heterocycles. The van der Waals surface area contributed by atoms with E-state index in [1.165, 1.54) is 5.56 Å². The van der Waals surface area contributed by atoms with E-state index >= 15 is 0 Å². The summed E-state index contributed by atoms with van der Waals surface area (Å²) in [6.45, 7) is 3.50. The molecule has 0 radical (unpaired) electrons. The Hall–Kier alpha value is -3.21. The first-order valence-corrected chi connectivity index (χ1v) is 8.92. The maximum Gasteiger partial charge on any atom is 0.156 e. The number of ether oxygens (including phenoxy) is 1. The molecule has 0 saturated carbocycles. The van der Waals surface area contributed by atoms with Crippen LogP contribution in [-0.4, -0.2) is 22.9 Å². The monoisotopic (exact) mass is 345 g/mol. The third-order valence-corrected chi connectivity index (χ3v) is 4.70. The van der Waals surface area contributed by atoms with Gasteiger partial charge in [-0.3, -0.25) is 0 Å². The Morgan fingerprint density at radius 2 is 2.00 bits per heavy atom. The van der Waals surface area contributed by atoms with Gasteiger partial charge in [0, 0.05) is 17.5 Å². The quantitative estimate of drug-likeness (QED) is 0.585. The molecule has 5 heteroatoms. The van der Waals surface area contributed by atoms with Crippen LogP contribution in [-0.2, 0) is 6.42 Å². The molecule has 0 atom stereocenters. The first-order chi connectivity index (χ1) is 12.8. The molecule has 1 N–H and O–H groups in total. The lowest BCUT2D eigenvalue weighted by Gasteiger charge is -2.12. The van der Waals surface area contributed by atoms with Gasteiger partial charge >= 0.3 is 0 Å². The van der Waals surface area contributed by atoms with Crippen LogP contribution in [0, 0.1) is 0 Å². The lowest BCUT2D eigenvalue weighted by Crippen LogP contribution is -2.06. The Morgan fingerprint density at radius 1 is 1.15 bits per heavy atom. The molecule has 1 aliphatic rings. The second-order valence-electron chi connectivity index (χ2n) is 6.31. The molecule has 130 valence electrons. The molecule has 2 aromatic heterocycles. The van der Waals surface area contributed by atoms with Crippen molar-refractivity contribution < 1.29 is 9.15 Å². The number of rotatable bonds is 4. The highest BCUT2D eigenvalue weighted by molar-refractivity contribution is 5.84. The predicted octanol–water partition coefficient (Wildman–Crippen LogP) is 4.65. The number of para-hydroxylation sites is 3. The van der Waals surface area contributed by atoms with Crippen molar-refractivity contribution in [3.63, 3.8) is 0 Å². The molecule has 4 aromatic rings. The van der Waals surface area contributed by atoms with Crippen LogP contribution < -0.4 is 10.1 Å². The second kappa shape index (κ2) is 5.95. The van der Waals surface area contributed by atoms with Gasteiger partial charge in [-0.15, -0.1) is 0 Å². The lowest BCUT2D eigenvalue weighted by molar-refractivity contribution is 0.338. The van der Waals surface area contributed by atoms with Gasteiger partial charge in [0.05, 0.1) is 6.61 Å². The first kappa shape index (κ1) is 15.1. The van der Waals surface area contributed by atoms with Gasteiger partial charge in [-0.1, -0.05) is 30.3 Å². The molecular weight excluding hydrogens is 326 g/mol. The Labute approximate surface area is 151 Å². The van der Waals surface area contributed by atoms with E-state index in [9.17, 15) is 0 Å². The summed E-state index contributed by atoms with van der Waals surface area (Å²) in [5.41, 5.74) is 3.90. The van der Waals surface area contributed by atoms with Crippen molar-refractivity contribution in [3.05, 3.63) is 60.2 Å². The van der Waals surface area contributed by atoms with Crippen LogP contribution in [0.3, 0.4) is 0 Å². The lowest BCUT2D eigenvalue weighted by atomic mass is 10.1. The summed E-state index contributed by atoms with van der Waals surface area (Å²) >= 11 is 0. The molecule has 0 bridgehead atoms. The third-order valence-electron chi connectivity index (χ3n) is 4.70. The fourth-order valence-electron chi connectivity index (χ4n) is 3.56. The maximum absolute atomic E-state index is 6.07. The van der Waals surface area contributed by atoms with E-state index in [1.54, 1.807) is 0 Å². The first-order valence-electron chi connectivity index (χ1n) is 8.92. The largest absolute Gasteiger partial charge is 0.492 e. The van der Waals surface area contributed by atoms with Crippen LogP contribution in [0.25, 0.3) is 28.1 Å². The molecule has 0 amide bonds. The van der Waals surface area contributed by atoms with Gasteiger partial charge in [-0.2, -0.15) is 5.10 Å². The molecule has 26 heavy (non-hydrogen) atoms. The van der Waals surface area contributed by atoms with Crippen molar-refractivity contribution in [1.29, 1.82) is 0 Å². The highest BCUT2D eigenvalue weighted by Crippen LogP contribution is 2.38. The van der Waals surface area contributed by atoms with E-state index in [0.29, 0.717) is 6.61 Å². The van der Waals surface area contributed by atoms with Gasteiger partial charge in [0.1, 0.15) is 28.5 Å². The Bertz CT molecular complexity index is 1060. The van der Waals surface area contributed by atoms with E-state index in [1.807, 2.05) is 54.1 Å². The van der Waals surface area contributed by atoms with Crippen LogP contribution in [0.15, 0.2) is 59.0 Å². The Morgan fingerprint density at radius 3 is 2.88 bits per heavy atom. The molecule has 0 spiro atoms. The van der Waals surface area contributed by atoms with Crippen LogP contribution in [0.4, 0.5) is 5.82 Å². The molecule has 2 aromatic carbocycles. The van der Waals surface area contributed by atoms with E-state index in [-0.39, 0.29) is 0 Å². The minimum atomic E-state index is 0.615. The number of hydrogen-bond donors (Lipinski definition) is 1. The summed E-state index contributed by atoms with van der Waals surface area (Å²) in [6.07, 6.45) is 0.929. The molecule has 5 nitrogen and oxygen atoms in total. The molecule has 0 fully saturated rings. The summed E-state index contributed by atoms with van der Waals surface area (Å²) in [4.78, 5) is 0. The minimum Gasteiger partial charge on any atom is -0.492 e. The molecule has 5 rings (SSSR count). The summed E-state index contributed by atoms with van der Waals surface area (Å²) < 4.78 is 13.8. The van der Waals surface area contributed by atoms with Crippen LogP contribution in [0.5, 0.6) is 5.75 Å². The normalized spacial score (nSPS) is 13.0. The van der Waals surface area contributed by atoms with Gasteiger partial charge in [-0.25, -0.2) is 4.68 Å². The van der Waals surface area contributed by atoms with Crippen molar-refractivity contribution in [3.8, 4) is 22.9 Å². The van der Waals surface area contributed by atoms with E-state index in [0.717, 1.165) is 52.6 Å². The van der Waals surface area contributed by atoms with Gasteiger partial charge in [0.15, 0.2) is 5.76 Å². The minimum absolute atomic E-state index is 0.615. The number of nitrogens with one attached hydrogen (secondary N) is 1. The zero-order chi connectivity index (χ0) is 17.5. The molecule has 1 aliphatic heterocycles. The van der Waals surface area contributed by atoms with Crippen molar-refractivity contribution in [2.75, 3.05) is 18.5 Å². The van der Waals surface area contributed by atoms with Crippen molar-refractivity contribution >= 4 is 16.8 Å². The van der Waals surface area contributed by atoms with Crippen LogP contribution in [0.2, 0.25) is 0 Å². The van der Waals surface area contributed by atoms with E-state index in [4.69, 9.17) is 14.3 Å². The highest BCUT2D eigenvalue weighted by Gasteiger charge is 2.26. The average Bonchev–Trinajstić information content (AvgIpc) is 3.37. The molecular formula is C21H19N3O2. The van der Waals surface area contributed by atoms with Crippen molar-refractivity contribution in [2.24, 2.45) is 0 Å². The average molecular weight is 345 g/mol. The Kier molecular flexibility index (Phi) is 3.45. The number of aromatic nitrogens is 2. The van der Waals surface area contributed by atoms with Crippen molar-refractivity contribution in [1.82, 2.24) is 9.78 Å². The van der Waals surface area contributed by atoms with Crippen molar-refractivity contribution in [2.45, 2.75) is 13.3 Å². The molecule has 3 heterocycles. The van der Waals surface area contributed by atoms with Crippen LogP contribution in [0.1, 0.15) is 12.5 Å². The smallest absolute Gasteiger partial charge is 0.156 e. The van der Waals surface area contributed by atoms with Crippen LogP contribution >= 0.6 is 0 Å². The summed E-state index contributed by atoms with van der Waals surface area (Å²) in [7, 11) is 0. The SMILES string of the molecule is CCOc1ccccc1-n1nc(-c2cc3ccccc3o2)c2c1NCC2. The van der Waals surface area contributed by atoms with Gasteiger partial charge in [0.25, 0.3) is 0 Å². The molecule has 0 unspecified atom stereocenters. The predicted molar refractivity (Wildman–Crippen MR) is 102 cm³/mol. The topological polar surface area (TPSA) is 52.2 Å². The van der Waals surface area contributed by atoms with E-state index < -0.39 is 0 Å². The second-order valence-corrected chi connectivity index (χ2v) is 6.31. The van der Waals surface area contributed by atoms with Gasteiger partial charge < -0.3 is 14.5 Å². The standard InChI is InChI=1S/C21H19N3O2/c1-2-25-18-10-6-4-8-16(18)24-21-15(11-12-22-21)20(23-24)19-13-14-7-3-5-9-17(14)26-19/h3-10,13,22H,2,11-12H2,1H3. The number of benzene rings is 2. The summed E-state index contributed by atoms with van der Waals surface area (Å²) in [6, 6.07) is 18.1. The number of nitrogens with zero attached hydrogens (tertiary/aromatic N) is 2. The molecule has 0 aliphatic carbocycles. The van der Waals surface area contributed by atoms with E-state index in [2.05, 4.69) is 17.4 Å². The number of fused-ring (bicyclic) bond motifs is 2. The fourth-order valence-corrected chi connectivity index (χ4v) is 3.56. The number of furan rings is 1. The highest BCUT2D eigenvalue weighted by atomic mass is 16.5. The number of anilines is 1. The fraction of sp³-hybridized carbons (Fsp3) is 0.190. The Balaban J connectivity index is 1.69. The zero-order valence-electron chi connectivity index (χ0n) is 14.5. The maximum atomic E-state index is 6.07. The third kappa shape index (κ3) is 2.28. The summed E-state index contributed by atoms with van der Waals surface area (Å²) in [5, 5.41) is 9.44.